The summed E-state index contributed by atoms with van der Waals surface area (Å²) < 4.78 is 11.1. The molecule has 5 heteroatoms. The summed E-state index contributed by atoms with van der Waals surface area (Å²) in [6.45, 7) is 1.42. The third-order valence-corrected chi connectivity index (χ3v) is 2.29. The van der Waals surface area contributed by atoms with Crippen molar-refractivity contribution in [1.82, 2.24) is 4.98 Å². The molecule has 1 aromatic carbocycles. The summed E-state index contributed by atoms with van der Waals surface area (Å²) in [6.07, 6.45) is 0. The lowest BCUT2D eigenvalue weighted by atomic mass is 10.3. The molecule has 0 saturated heterocycles. The molecule has 4 nitrogen and oxygen atoms in total. The third-order valence-electron chi connectivity index (χ3n) is 1.79. The van der Waals surface area contributed by atoms with E-state index in [4.69, 9.17) is 9.15 Å². The second kappa shape index (κ2) is 4.02. The first-order valence-electron chi connectivity index (χ1n) is 4.33. The Bertz CT molecular complexity index is 506. The number of aromatic nitrogens is 1. The molecule has 0 atom stereocenters. The highest BCUT2D eigenvalue weighted by Crippen LogP contribution is 2.20. The number of halogens is 1. The van der Waals surface area contributed by atoms with Crippen LogP contribution in [-0.2, 0) is 16.1 Å². The Morgan fingerprint density at radius 3 is 3.13 bits per heavy atom. The maximum Gasteiger partial charge on any atom is 0.303 e. The molecule has 0 aliphatic heterocycles. The second-order valence-corrected chi connectivity index (χ2v) is 3.92. The minimum Gasteiger partial charge on any atom is -0.456 e. The van der Waals surface area contributed by atoms with Crippen LogP contribution >= 0.6 is 15.9 Å². The molecule has 15 heavy (non-hydrogen) atoms. The Morgan fingerprint density at radius 2 is 2.40 bits per heavy atom. The predicted molar refractivity (Wildman–Crippen MR) is 57.2 cm³/mol. The van der Waals surface area contributed by atoms with Gasteiger partial charge in [-0.05, 0) is 18.2 Å². The Labute approximate surface area is 94.4 Å². The quantitative estimate of drug-likeness (QED) is 0.787. The third kappa shape index (κ3) is 2.36. The summed E-state index contributed by atoms with van der Waals surface area (Å²) in [7, 11) is 0. The van der Waals surface area contributed by atoms with Crippen molar-refractivity contribution < 1.29 is 13.9 Å². The van der Waals surface area contributed by atoms with Gasteiger partial charge in [-0.1, -0.05) is 15.9 Å². The van der Waals surface area contributed by atoms with Gasteiger partial charge in [0.25, 0.3) is 0 Å². The fourth-order valence-corrected chi connectivity index (χ4v) is 1.51. The molecule has 0 saturated carbocycles. The molecule has 1 heterocycles. The number of ether oxygens (including phenoxy) is 1. The number of carbonyl (C=O) groups excluding carboxylic acids is 1. The zero-order chi connectivity index (χ0) is 10.8. The van der Waals surface area contributed by atoms with Gasteiger partial charge in [0.15, 0.2) is 12.2 Å². The van der Waals surface area contributed by atoms with Crippen LogP contribution in [0.15, 0.2) is 27.1 Å². The number of rotatable bonds is 2. The van der Waals surface area contributed by atoms with Crippen LogP contribution in [0.2, 0.25) is 0 Å². The average molecular weight is 270 g/mol. The highest BCUT2D eigenvalue weighted by atomic mass is 79.9. The summed E-state index contributed by atoms with van der Waals surface area (Å²) in [5.41, 5.74) is 1.42. The van der Waals surface area contributed by atoms with Crippen LogP contribution in [0.5, 0.6) is 0 Å². The topological polar surface area (TPSA) is 52.3 Å². The highest BCUT2D eigenvalue weighted by molar-refractivity contribution is 9.10. The van der Waals surface area contributed by atoms with Crippen molar-refractivity contribution >= 4 is 33.0 Å². The van der Waals surface area contributed by atoms with Gasteiger partial charge in [0.05, 0.1) is 0 Å². The first-order chi connectivity index (χ1) is 7.15. The fourth-order valence-electron chi connectivity index (χ4n) is 1.17. The molecule has 0 radical (unpaired) electrons. The van der Waals surface area contributed by atoms with Crippen LogP contribution < -0.4 is 0 Å². The van der Waals surface area contributed by atoms with E-state index in [0.717, 1.165) is 9.99 Å². The molecule has 0 amide bonds. The fraction of sp³-hybridized carbons (Fsp3) is 0.200. The molecule has 0 aliphatic carbocycles. The first kappa shape index (κ1) is 10.2. The predicted octanol–water partition coefficient (Wildman–Crippen LogP) is 2.65. The van der Waals surface area contributed by atoms with Crippen molar-refractivity contribution in [1.29, 1.82) is 0 Å². The lowest BCUT2D eigenvalue weighted by molar-refractivity contribution is -0.142. The first-order valence-corrected chi connectivity index (χ1v) is 5.13. The number of benzene rings is 1. The molecule has 0 bridgehead atoms. The van der Waals surface area contributed by atoms with Crippen molar-refractivity contribution in [3.63, 3.8) is 0 Å². The van der Waals surface area contributed by atoms with Gasteiger partial charge >= 0.3 is 5.97 Å². The van der Waals surface area contributed by atoms with Crippen molar-refractivity contribution in [3.05, 3.63) is 28.6 Å². The number of carbonyl (C=O) groups is 1. The van der Waals surface area contributed by atoms with E-state index in [-0.39, 0.29) is 12.6 Å². The van der Waals surface area contributed by atoms with Gasteiger partial charge < -0.3 is 9.15 Å². The second-order valence-electron chi connectivity index (χ2n) is 3.00. The Kier molecular flexibility index (Phi) is 2.73. The Hall–Kier alpha value is -1.36. The minimum atomic E-state index is -0.349. The number of hydrogen-bond donors (Lipinski definition) is 0. The molecule has 0 N–H and O–H groups in total. The van der Waals surface area contributed by atoms with E-state index in [2.05, 4.69) is 20.9 Å². The molecule has 2 aromatic rings. The molecule has 0 aliphatic rings. The summed E-state index contributed by atoms with van der Waals surface area (Å²) in [5.74, 6) is 0.0525. The van der Waals surface area contributed by atoms with Crippen LogP contribution in [0.3, 0.4) is 0 Å². The van der Waals surface area contributed by atoms with Gasteiger partial charge in [0.2, 0.25) is 5.89 Å². The van der Waals surface area contributed by atoms with Gasteiger partial charge in [-0.3, -0.25) is 4.79 Å². The van der Waals surface area contributed by atoms with E-state index in [1.165, 1.54) is 6.92 Å². The largest absolute Gasteiger partial charge is 0.456 e. The minimum absolute atomic E-state index is 0.0711. The van der Waals surface area contributed by atoms with Gasteiger partial charge in [-0.15, -0.1) is 0 Å². The number of nitrogens with zero attached hydrogens (tertiary/aromatic N) is 1. The number of hydrogen-bond acceptors (Lipinski definition) is 4. The Morgan fingerprint density at radius 1 is 1.60 bits per heavy atom. The van der Waals surface area contributed by atoms with E-state index in [9.17, 15) is 4.79 Å². The van der Waals surface area contributed by atoms with E-state index >= 15 is 0 Å². The Balaban J connectivity index is 2.27. The van der Waals surface area contributed by atoms with Crippen LogP contribution in [0.25, 0.3) is 11.1 Å². The molecular weight excluding hydrogens is 262 g/mol. The summed E-state index contributed by atoms with van der Waals surface area (Å²) in [4.78, 5) is 14.7. The van der Waals surface area contributed by atoms with E-state index in [0.29, 0.717) is 11.5 Å². The van der Waals surface area contributed by atoms with Gasteiger partial charge in [-0.2, -0.15) is 0 Å². The summed E-state index contributed by atoms with van der Waals surface area (Å²) >= 11 is 3.33. The van der Waals surface area contributed by atoms with Crippen LogP contribution in [0.1, 0.15) is 12.8 Å². The van der Waals surface area contributed by atoms with Gasteiger partial charge in [0, 0.05) is 11.4 Å². The molecule has 0 spiro atoms. The number of esters is 1. The smallest absolute Gasteiger partial charge is 0.303 e. The average Bonchev–Trinajstić information content (AvgIpc) is 2.56. The highest BCUT2D eigenvalue weighted by Gasteiger charge is 2.06. The maximum atomic E-state index is 10.6. The lowest BCUT2D eigenvalue weighted by Gasteiger charge is -1.94. The van der Waals surface area contributed by atoms with Crippen molar-refractivity contribution in [2.75, 3.05) is 0 Å². The molecule has 78 valence electrons. The maximum absolute atomic E-state index is 10.6. The van der Waals surface area contributed by atoms with Gasteiger partial charge in [0.1, 0.15) is 5.52 Å². The van der Waals surface area contributed by atoms with Crippen LogP contribution in [0.4, 0.5) is 0 Å². The number of fused-ring (bicyclic) bond motifs is 1. The standard InChI is InChI=1S/C10H8BrNO3/c1-6(13)14-5-10-12-8-3-2-7(11)4-9(8)15-10/h2-4H,5H2,1H3. The van der Waals surface area contributed by atoms with E-state index in [1.807, 2.05) is 18.2 Å². The monoisotopic (exact) mass is 269 g/mol. The van der Waals surface area contributed by atoms with Crippen LogP contribution in [0, 0.1) is 0 Å². The number of oxazole rings is 1. The van der Waals surface area contributed by atoms with Crippen LogP contribution in [-0.4, -0.2) is 11.0 Å². The van der Waals surface area contributed by atoms with Crippen molar-refractivity contribution in [3.8, 4) is 0 Å². The van der Waals surface area contributed by atoms with Gasteiger partial charge in [-0.25, -0.2) is 4.98 Å². The molecule has 0 fully saturated rings. The van der Waals surface area contributed by atoms with Crippen molar-refractivity contribution in [2.24, 2.45) is 0 Å². The molecular formula is C10H8BrNO3. The van der Waals surface area contributed by atoms with E-state index < -0.39 is 0 Å². The van der Waals surface area contributed by atoms with E-state index in [1.54, 1.807) is 0 Å². The van der Waals surface area contributed by atoms with Crippen molar-refractivity contribution in [2.45, 2.75) is 13.5 Å². The molecule has 0 unspecified atom stereocenters. The molecule has 1 aromatic heterocycles. The lowest BCUT2D eigenvalue weighted by Crippen LogP contribution is -1.98. The summed E-state index contributed by atoms with van der Waals surface area (Å²) in [6, 6.07) is 5.53. The normalized spacial score (nSPS) is 10.5. The molecule has 2 rings (SSSR count). The SMILES string of the molecule is CC(=O)OCc1nc2ccc(Br)cc2o1. The summed E-state index contributed by atoms with van der Waals surface area (Å²) in [5, 5.41) is 0. The zero-order valence-corrected chi connectivity index (χ0v) is 9.58. The zero-order valence-electron chi connectivity index (χ0n) is 7.99.